The highest BCUT2D eigenvalue weighted by molar-refractivity contribution is 5.69. The fourth-order valence-corrected chi connectivity index (χ4v) is 1.98. The molecule has 0 aromatic rings. The van der Waals surface area contributed by atoms with Crippen molar-refractivity contribution in [3.8, 4) is 0 Å². The molecule has 0 bridgehead atoms. The number of unbranched alkanes of at least 4 members (excludes halogenated alkanes) is 8. The summed E-state index contributed by atoms with van der Waals surface area (Å²) in [5, 5.41) is 24.5. The summed E-state index contributed by atoms with van der Waals surface area (Å²) in [6, 6.07) is 0. The summed E-state index contributed by atoms with van der Waals surface area (Å²) in [4.78, 5) is 29.8. The molecule has 0 spiro atoms. The van der Waals surface area contributed by atoms with Gasteiger partial charge in [-0.15, -0.1) is 0 Å². The summed E-state index contributed by atoms with van der Waals surface area (Å²) in [6.07, 6.45) is 11.6. The van der Waals surface area contributed by atoms with Crippen LogP contribution in [0, 0.1) is 0 Å². The van der Waals surface area contributed by atoms with Crippen LogP contribution in [0.4, 0.5) is 0 Å². The quantitative estimate of drug-likeness (QED) is 0.408. The van der Waals surface area contributed by atoms with Gasteiger partial charge >= 0.3 is 17.9 Å². The van der Waals surface area contributed by atoms with E-state index in [9.17, 15) is 14.4 Å². The number of carboxylic acid groups (broad SMARTS) is 3. The highest BCUT2D eigenvalue weighted by Gasteiger charge is 1.99. The SMILES string of the molecule is CCCCCCCCCCCC(=O)O.O=C(O)CCCC(=O)O. The Morgan fingerprint density at radius 2 is 0.826 bits per heavy atom. The second-order valence-corrected chi connectivity index (χ2v) is 5.61. The number of hydrogen-bond acceptors (Lipinski definition) is 3. The Bertz CT molecular complexity index is 300. The van der Waals surface area contributed by atoms with E-state index >= 15 is 0 Å². The zero-order valence-electron chi connectivity index (χ0n) is 14.3. The largest absolute Gasteiger partial charge is 0.481 e. The van der Waals surface area contributed by atoms with Gasteiger partial charge in [0.05, 0.1) is 0 Å². The maximum Gasteiger partial charge on any atom is 0.303 e. The second kappa shape index (κ2) is 18.5. The van der Waals surface area contributed by atoms with Crippen LogP contribution < -0.4 is 0 Å². The third-order valence-electron chi connectivity index (χ3n) is 3.28. The molecule has 6 heteroatoms. The van der Waals surface area contributed by atoms with Gasteiger partial charge in [0.15, 0.2) is 0 Å². The van der Waals surface area contributed by atoms with Crippen LogP contribution in [-0.4, -0.2) is 33.2 Å². The molecule has 0 aromatic carbocycles. The van der Waals surface area contributed by atoms with Crippen LogP contribution in [0.25, 0.3) is 0 Å². The minimum atomic E-state index is -0.948. The van der Waals surface area contributed by atoms with E-state index in [1.54, 1.807) is 0 Å². The Balaban J connectivity index is 0. The fraction of sp³-hybridized carbons (Fsp3) is 0.824. The van der Waals surface area contributed by atoms with Crippen molar-refractivity contribution in [2.45, 2.75) is 90.4 Å². The number of hydrogen-bond donors (Lipinski definition) is 3. The Kier molecular flexibility index (Phi) is 19.0. The van der Waals surface area contributed by atoms with Crippen LogP contribution in [0.2, 0.25) is 0 Å². The molecule has 0 amide bonds. The minimum Gasteiger partial charge on any atom is -0.481 e. The molecule has 0 aliphatic heterocycles. The first-order chi connectivity index (χ1) is 10.9. The van der Waals surface area contributed by atoms with Crippen LogP contribution in [0.5, 0.6) is 0 Å². The first-order valence-corrected chi connectivity index (χ1v) is 8.55. The molecular weight excluding hydrogens is 300 g/mol. The lowest BCUT2D eigenvalue weighted by atomic mass is 10.1. The summed E-state index contributed by atoms with van der Waals surface area (Å²) in [6.45, 7) is 2.23. The van der Waals surface area contributed by atoms with Gasteiger partial charge < -0.3 is 15.3 Å². The van der Waals surface area contributed by atoms with E-state index in [4.69, 9.17) is 15.3 Å². The smallest absolute Gasteiger partial charge is 0.303 e. The van der Waals surface area contributed by atoms with E-state index in [0.717, 1.165) is 12.8 Å². The van der Waals surface area contributed by atoms with Crippen molar-refractivity contribution >= 4 is 17.9 Å². The van der Waals surface area contributed by atoms with Crippen molar-refractivity contribution < 1.29 is 29.7 Å². The van der Waals surface area contributed by atoms with Crippen LogP contribution in [0.15, 0.2) is 0 Å². The van der Waals surface area contributed by atoms with Gasteiger partial charge in [-0.05, 0) is 12.8 Å². The molecule has 0 rings (SSSR count). The molecule has 0 fully saturated rings. The molecule has 6 nitrogen and oxygen atoms in total. The molecule has 0 aromatic heterocycles. The van der Waals surface area contributed by atoms with Gasteiger partial charge in [0, 0.05) is 19.3 Å². The minimum absolute atomic E-state index is 0.0632. The Labute approximate surface area is 138 Å². The maximum atomic E-state index is 10.2. The van der Waals surface area contributed by atoms with E-state index in [-0.39, 0.29) is 19.3 Å². The van der Waals surface area contributed by atoms with Crippen LogP contribution in [-0.2, 0) is 14.4 Å². The molecule has 0 heterocycles. The van der Waals surface area contributed by atoms with Gasteiger partial charge in [-0.2, -0.15) is 0 Å². The van der Waals surface area contributed by atoms with Gasteiger partial charge in [-0.25, -0.2) is 0 Å². The van der Waals surface area contributed by atoms with Gasteiger partial charge in [-0.3, -0.25) is 14.4 Å². The number of rotatable bonds is 14. The number of carbonyl (C=O) groups is 3. The molecule has 0 atom stereocenters. The van der Waals surface area contributed by atoms with Crippen molar-refractivity contribution in [2.24, 2.45) is 0 Å². The molecule has 0 aliphatic rings. The van der Waals surface area contributed by atoms with Crippen LogP contribution in [0.3, 0.4) is 0 Å². The van der Waals surface area contributed by atoms with Crippen molar-refractivity contribution in [1.29, 1.82) is 0 Å². The highest BCUT2D eigenvalue weighted by Crippen LogP contribution is 2.10. The van der Waals surface area contributed by atoms with Gasteiger partial charge in [0.1, 0.15) is 0 Å². The first kappa shape index (κ1) is 23.7. The summed E-state index contributed by atoms with van der Waals surface area (Å²) in [7, 11) is 0. The van der Waals surface area contributed by atoms with Gasteiger partial charge in [-0.1, -0.05) is 58.3 Å². The standard InChI is InChI=1S/C12H24O2.C5H8O4/c1-2-3-4-5-6-7-8-9-10-11-12(13)14;6-4(7)2-1-3-5(8)9/h2-11H2,1H3,(H,13,14);1-3H2,(H,6,7)(H,8,9). The Morgan fingerprint density at radius 3 is 1.17 bits per heavy atom. The summed E-state index contributed by atoms with van der Waals surface area (Å²) in [5.74, 6) is -2.56. The summed E-state index contributed by atoms with van der Waals surface area (Å²) < 4.78 is 0. The average molecular weight is 332 g/mol. The lowest BCUT2D eigenvalue weighted by Crippen LogP contribution is -1.98. The number of carboxylic acids is 3. The molecule has 0 saturated carbocycles. The predicted molar refractivity (Wildman–Crippen MR) is 88.6 cm³/mol. The maximum absolute atomic E-state index is 10.2. The molecular formula is C17H32O6. The van der Waals surface area contributed by atoms with Crippen molar-refractivity contribution in [3.63, 3.8) is 0 Å². The van der Waals surface area contributed by atoms with E-state index < -0.39 is 17.9 Å². The number of aliphatic carboxylic acids is 3. The normalized spacial score (nSPS) is 9.78. The van der Waals surface area contributed by atoms with Crippen molar-refractivity contribution in [1.82, 2.24) is 0 Å². The Morgan fingerprint density at radius 1 is 0.522 bits per heavy atom. The zero-order valence-corrected chi connectivity index (χ0v) is 14.3. The third kappa shape index (κ3) is 29.1. The topological polar surface area (TPSA) is 112 Å². The summed E-state index contributed by atoms with van der Waals surface area (Å²) >= 11 is 0. The average Bonchev–Trinajstić information content (AvgIpc) is 2.45. The molecule has 3 N–H and O–H groups in total. The van der Waals surface area contributed by atoms with E-state index in [1.807, 2.05) is 0 Å². The van der Waals surface area contributed by atoms with Crippen LogP contribution in [0.1, 0.15) is 90.4 Å². The second-order valence-electron chi connectivity index (χ2n) is 5.61. The zero-order chi connectivity index (χ0) is 17.9. The van der Waals surface area contributed by atoms with Gasteiger partial charge in [0.2, 0.25) is 0 Å². The molecule has 0 aliphatic carbocycles. The van der Waals surface area contributed by atoms with Crippen molar-refractivity contribution in [2.75, 3.05) is 0 Å². The fourth-order valence-electron chi connectivity index (χ4n) is 1.98. The molecule has 0 saturated heterocycles. The molecule has 0 unspecified atom stereocenters. The highest BCUT2D eigenvalue weighted by atomic mass is 16.4. The lowest BCUT2D eigenvalue weighted by molar-refractivity contribution is -0.139. The first-order valence-electron chi connectivity index (χ1n) is 8.55. The monoisotopic (exact) mass is 332 g/mol. The van der Waals surface area contributed by atoms with E-state index in [0.29, 0.717) is 6.42 Å². The van der Waals surface area contributed by atoms with Crippen molar-refractivity contribution in [3.05, 3.63) is 0 Å². The van der Waals surface area contributed by atoms with E-state index in [2.05, 4.69) is 6.92 Å². The Hall–Kier alpha value is -1.59. The van der Waals surface area contributed by atoms with Crippen LogP contribution >= 0.6 is 0 Å². The lowest BCUT2D eigenvalue weighted by Gasteiger charge is -2.00. The van der Waals surface area contributed by atoms with E-state index in [1.165, 1.54) is 44.9 Å². The summed E-state index contributed by atoms with van der Waals surface area (Å²) in [5.41, 5.74) is 0. The molecule has 0 radical (unpaired) electrons. The predicted octanol–water partition coefficient (Wildman–Crippen LogP) is 4.32. The molecule has 23 heavy (non-hydrogen) atoms. The molecule has 136 valence electrons. The third-order valence-corrected chi connectivity index (χ3v) is 3.28. The van der Waals surface area contributed by atoms with Gasteiger partial charge in [0.25, 0.3) is 0 Å².